The molecule has 27 nitrogen and oxygen atoms in total. The number of nitrogen functional groups attached to an aromatic ring is 2. The smallest absolute Gasteiger partial charge is 0.542 e. The fourth-order valence-corrected chi connectivity index (χ4v) is 10.4. The summed E-state index contributed by atoms with van der Waals surface area (Å²) in [5.41, 5.74) is 26.6. The quantitative estimate of drug-likeness (QED) is 0.00883. The number of nitrogens with zero attached hydrogens (tertiary/aromatic N) is 5. The van der Waals surface area contributed by atoms with Gasteiger partial charge in [0.1, 0.15) is 45.5 Å². The Balaban J connectivity index is -0.000000400. The van der Waals surface area contributed by atoms with Gasteiger partial charge in [-0.3, -0.25) is 28.8 Å². The van der Waals surface area contributed by atoms with Gasteiger partial charge in [-0.2, -0.15) is 10.5 Å². The number of carboxylic acid groups (broad SMARTS) is 1. The van der Waals surface area contributed by atoms with Gasteiger partial charge in [-0.05, 0) is 129 Å². The van der Waals surface area contributed by atoms with Crippen LogP contribution in [0.25, 0.3) is 22.4 Å². The van der Waals surface area contributed by atoms with Gasteiger partial charge in [0, 0.05) is 97.6 Å². The van der Waals surface area contributed by atoms with Crippen molar-refractivity contribution in [1.29, 1.82) is 10.5 Å². The predicted molar refractivity (Wildman–Crippen MR) is 454 cm³/mol. The van der Waals surface area contributed by atoms with Gasteiger partial charge >= 0.3 is 30.8 Å². The number of amides is 1. The Morgan fingerprint density at radius 2 is 1.11 bits per heavy atom. The number of aromatic nitrogens is 5. The molecule has 614 valence electrons. The van der Waals surface area contributed by atoms with Crippen molar-refractivity contribution in [3.05, 3.63) is 148 Å². The molecule has 8 rings (SSSR count). The molecule has 0 aliphatic heterocycles. The molecule has 9 N–H and O–H groups in total. The number of imidazole rings is 1. The van der Waals surface area contributed by atoms with E-state index in [1.165, 1.54) is 38.2 Å². The number of thiocarbonyl (C=S) groups is 1. The average Bonchev–Trinajstić information content (AvgIpc) is 1.77. The zero-order valence-electron chi connectivity index (χ0n) is 68.1. The fraction of sp³-hybridized carbons (Fsp3) is 0.420. The fourth-order valence-electron chi connectivity index (χ4n) is 8.00. The number of methoxy groups -OCH3 is 4. The van der Waals surface area contributed by atoms with E-state index in [-0.39, 0.29) is 108 Å². The average molecular weight is 1680 g/mol. The van der Waals surface area contributed by atoms with Gasteiger partial charge in [0.25, 0.3) is 5.91 Å². The molecule has 0 aliphatic carbocycles. The van der Waals surface area contributed by atoms with Crippen LogP contribution in [-0.4, -0.2) is 124 Å². The first-order valence-electron chi connectivity index (χ1n) is 34.2. The first-order chi connectivity index (χ1) is 51.5. The standard InChI is InChI=1S/C17H19N3O2.C17H20N2O3S.C10H13NO2.C8H11NO.C7H9NO2S.C5H9BrO.C5H10O.C4H7NO2S.C4H5NO2.C2H3N.2CH4.Li/c1-9(2)13-8-18-17(20-13)12-7-14(21)11-5-6-15(22-4)10(3)16(11)19-12;1-9(2)13-8-23-17(18-13)16(21)19-15-10(3)14(22-5)7-6-12(15)11(4)20;1-6-9(13-3)5-4-8(7(2)12)10(6)11;1-6-7(9)4-3-5-8(6)10-2;1-4(2)5-3-11-6(8-5)7(9)10;1-4(2)5(7)3-6;1-4(2)5(3)6;1-2-7-4(6)3(5)8;1-2-7-4(6)3-5;1-2-3;;;/h5-9H,1-4H3,(H,18,20)(H,19,21);6-9H,1-5H3,(H,19,21);4-5H,11H2,1-3H3;3-5H,9H2,1-2H3;3-4H,1-2H3,(H,9,10);4H,3H2,1-2H3;4H,1-3H3;2H2,1H3,(H2,5,8);2H2,1H3;1H3;2*1H4;/q;;;;;;;;;;;;+1/p-1. The molecule has 32 heteroatoms. The van der Waals surface area contributed by atoms with E-state index in [4.69, 9.17) is 46.7 Å². The number of nitriles is 2. The zero-order valence-corrected chi connectivity index (χ0v) is 72.2. The second-order valence-electron chi connectivity index (χ2n) is 24.5. The molecule has 0 unspecified atom stereocenters. The number of carbonyl (C=O) groups is 8. The third-order valence-electron chi connectivity index (χ3n) is 14.8. The molecular weight excluding hydrogens is 1570 g/mol. The number of rotatable bonds is 18. The summed E-state index contributed by atoms with van der Waals surface area (Å²) in [5, 5.41) is 33.4. The number of Topliss-reactive ketones (excluding diaryl/α,β-unsaturated/α-hetero) is 4. The summed E-state index contributed by atoms with van der Waals surface area (Å²) in [6, 6.07) is 20.7. The summed E-state index contributed by atoms with van der Waals surface area (Å²) < 4.78 is 29.3. The number of aromatic amines is 2. The number of pyridine rings is 1. The normalized spacial score (nSPS) is 9.52. The molecule has 4 heterocycles. The molecule has 0 atom stereocenters. The number of carboxylic acids is 1. The van der Waals surface area contributed by atoms with Crippen molar-refractivity contribution < 1.29 is 90.7 Å². The maximum Gasteiger partial charge on any atom is 1.00 e. The van der Waals surface area contributed by atoms with Crippen LogP contribution < -0.4 is 70.9 Å². The number of nitrogens with two attached hydrogens (primary N) is 3. The number of aryl methyl sites for hydroxylation is 1. The Kier molecular flexibility index (Phi) is 57.9. The van der Waals surface area contributed by atoms with Crippen LogP contribution in [0.15, 0.2) is 82.4 Å². The van der Waals surface area contributed by atoms with Crippen LogP contribution in [-0.2, 0) is 28.7 Å². The molecule has 0 spiro atoms. The number of benzene rings is 4. The van der Waals surface area contributed by atoms with Crippen molar-refractivity contribution in [3.63, 3.8) is 0 Å². The van der Waals surface area contributed by atoms with Crippen LogP contribution in [0, 0.1) is 62.2 Å². The SMILES string of the molecule is C.C.CC#N.CC(=O)C(C)C.CC(C)C(=O)CBr.CC(C)c1csc(C(=O)[O-])n1.CCOC(=O)C#N.CCOC(=O)C(N)=S.COc1ccc(C(C)=O)c(N)c1C.COc1ccc(C(C)=O)c(NC(=O)c2nc(C(C)C)cs2)c1C.COc1ccc2c(=O)cc(-c3ncc(C(C)C)[nH]3)[nH]c2c1C.COc1cccc(N)c1C.[Li+]. The number of aromatic carboxylic acids is 1. The number of ether oxygens (including phenoxy) is 6. The molecular formula is C81H113BrLiN11O16S3. The van der Waals surface area contributed by atoms with Crippen molar-refractivity contribution in [2.45, 2.75) is 171 Å². The van der Waals surface area contributed by atoms with E-state index in [1.807, 2.05) is 113 Å². The van der Waals surface area contributed by atoms with Gasteiger partial charge in [-0.25, -0.2) is 24.5 Å². The molecule has 1 amide bonds. The van der Waals surface area contributed by atoms with E-state index in [1.54, 1.807) is 103 Å². The zero-order chi connectivity index (χ0) is 85.0. The van der Waals surface area contributed by atoms with Crippen LogP contribution >= 0.6 is 50.8 Å². The molecule has 0 radical (unpaired) electrons. The van der Waals surface area contributed by atoms with E-state index in [0.29, 0.717) is 79.3 Å². The monoisotopic (exact) mass is 1680 g/mol. The number of esters is 2. The number of nitrogens with one attached hydrogen (secondary N) is 3. The van der Waals surface area contributed by atoms with Crippen LogP contribution in [0.5, 0.6) is 23.0 Å². The Bertz CT molecular complexity index is 4500. The van der Waals surface area contributed by atoms with Crippen LogP contribution in [0.4, 0.5) is 17.1 Å². The summed E-state index contributed by atoms with van der Waals surface area (Å²) in [6.07, 6.45) is 1.81. The number of ketones is 4. The number of H-pyrrole nitrogens is 2. The second-order valence-corrected chi connectivity index (χ2v) is 27.2. The topological polar surface area (TPSA) is 440 Å². The molecule has 113 heavy (non-hydrogen) atoms. The van der Waals surface area contributed by atoms with Gasteiger partial charge in [-0.15, -0.1) is 22.7 Å². The summed E-state index contributed by atoms with van der Waals surface area (Å²) in [4.78, 5) is 118. The first-order valence-corrected chi connectivity index (χ1v) is 37.5. The number of alkyl halides is 1. The van der Waals surface area contributed by atoms with E-state index in [0.717, 1.165) is 67.8 Å². The maximum absolute atomic E-state index is 12.5. The van der Waals surface area contributed by atoms with E-state index in [2.05, 4.69) is 81.7 Å². The maximum atomic E-state index is 12.5. The van der Waals surface area contributed by atoms with Crippen LogP contribution in [0.1, 0.15) is 223 Å². The van der Waals surface area contributed by atoms with E-state index >= 15 is 0 Å². The Labute approximate surface area is 699 Å². The molecule has 0 aliphatic rings. The molecule has 0 saturated carbocycles. The van der Waals surface area contributed by atoms with Crippen molar-refractivity contribution in [2.24, 2.45) is 17.6 Å². The van der Waals surface area contributed by atoms with Gasteiger partial charge in [0.05, 0.1) is 81.3 Å². The summed E-state index contributed by atoms with van der Waals surface area (Å²) in [7, 11) is 6.39. The van der Waals surface area contributed by atoms with Crippen molar-refractivity contribution in [1.82, 2.24) is 24.9 Å². The minimum atomic E-state index is -1.19. The van der Waals surface area contributed by atoms with Gasteiger partial charge in [-0.1, -0.05) is 118 Å². The van der Waals surface area contributed by atoms with Crippen LogP contribution in [0.3, 0.4) is 0 Å². The van der Waals surface area contributed by atoms with Crippen LogP contribution in [0.2, 0.25) is 0 Å². The predicted octanol–water partition coefficient (Wildman–Crippen LogP) is 13.0. The van der Waals surface area contributed by atoms with Gasteiger partial charge in [0.2, 0.25) is 0 Å². The molecule has 4 aromatic heterocycles. The minimum Gasteiger partial charge on any atom is -0.542 e. The number of halogens is 1. The Hall–Kier alpha value is -10.1. The Morgan fingerprint density at radius 3 is 1.46 bits per heavy atom. The van der Waals surface area contributed by atoms with Crippen molar-refractivity contribution in [3.8, 4) is 46.7 Å². The molecule has 8 aromatic rings. The third-order valence-corrected chi connectivity index (χ3v) is 17.2. The second kappa shape index (κ2) is 58.7. The van der Waals surface area contributed by atoms with Gasteiger partial charge in [0.15, 0.2) is 38.9 Å². The number of anilines is 3. The first kappa shape index (κ1) is 111. The molecule has 4 aromatic carbocycles. The van der Waals surface area contributed by atoms with Gasteiger partial charge < -0.3 is 70.8 Å². The third kappa shape index (κ3) is 39.8. The molecule has 0 fully saturated rings. The minimum absolute atomic E-state index is 0. The summed E-state index contributed by atoms with van der Waals surface area (Å²) >= 11 is 9.76. The van der Waals surface area contributed by atoms with E-state index in [9.17, 15) is 48.3 Å². The summed E-state index contributed by atoms with van der Waals surface area (Å²) in [5.74, 6) is 2.33. The molecule has 0 saturated heterocycles. The molecule has 0 bridgehead atoms. The summed E-state index contributed by atoms with van der Waals surface area (Å²) in [6.45, 7) is 37.2. The number of carbonyl (C=O) groups excluding carboxylic acids is 8. The number of hydrogen-bond acceptors (Lipinski definition) is 26. The van der Waals surface area contributed by atoms with Crippen molar-refractivity contribution in [2.75, 3.05) is 63.8 Å². The largest absolute Gasteiger partial charge is 1.00 e. The van der Waals surface area contributed by atoms with Crippen molar-refractivity contribution >= 4 is 131 Å². The Morgan fingerprint density at radius 1 is 0.655 bits per heavy atom. The van der Waals surface area contributed by atoms with E-state index < -0.39 is 17.9 Å². The number of fused-ring (bicyclic) bond motifs is 1. The number of thiazole rings is 2. The number of hydrogen-bond donors (Lipinski definition) is 6.